The van der Waals surface area contributed by atoms with Gasteiger partial charge in [0.05, 0.1) is 5.37 Å². The minimum Gasteiger partial charge on any atom is -0.480 e. The Morgan fingerprint density at radius 2 is 2.10 bits per heavy atom. The van der Waals surface area contributed by atoms with Crippen LogP contribution in [-0.2, 0) is 4.79 Å². The third-order valence-electron chi connectivity index (χ3n) is 3.33. The number of rotatable bonds is 4. The topological polar surface area (TPSA) is 66.4 Å². The summed E-state index contributed by atoms with van der Waals surface area (Å²) >= 11 is 1.46. The summed E-state index contributed by atoms with van der Waals surface area (Å²) in [6, 6.07) is 6.84. The molecule has 0 saturated carbocycles. The molecule has 106 valence electrons. The number of thioether (sulfide) groups is 1. The first-order valence-corrected chi connectivity index (χ1v) is 7.46. The van der Waals surface area contributed by atoms with Gasteiger partial charge in [-0.1, -0.05) is 30.3 Å². The van der Waals surface area contributed by atoms with Crippen LogP contribution in [0.15, 0.2) is 35.9 Å². The van der Waals surface area contributed by atoms with Crippen LogP contribution >= 0.6 is 11.8 Å². The number of ketones is 1. The largest absolute Gasteiger partial charge is 0.480 e. The van der Waals surface area contributed by atoms with Gasteiger partial charge in [0, 0.05) is 16.9 Å². The van der Waals surface area contributed by atoms with Crippen molar-refractivity contribution in [3.8, 4) is 0 Å². The van der Waals surface area contributed by atoms with Crippen molar-refractivity contribution in [2.45, 2.75) is 25.3 Å². The van der Waals surface area contributed by atoms with Gasteiger partial charge < -0.3 is 5.11 Å². The highest BCUT2D eigenvalue weighted by Gasteiger charge is 2.33. The number of aliphatic carboxylic acids is 1. The predicted octanol–water partition coefficient (Wildman–Crippen LogP) is 2.24. The van der Waals surface area contributed by atoms with Crippen molar-refractivity contribution in [1.29, 1.82) is 0 Å². The van der Waals surface area contributed by atoms with Crippen LogP contribution in [0.3, 0.4) is 0 Å². The van der Waals surface area contributed by atoms with E-state index < -0.39 is 12.0 Å². The highest BCUT2D eigenvalue weighted by molar-refractivity contribution is 8.00. The van der Waals surface area contributed by atoms with Crippen molar-refractivity contribution in [2.75, 3.05) is 5.75 Å². The number of benzene rings is 1. The van der Waals surface area contributed by atoms with Gasteiger partial charge in [0.25, 0.3) is 0 Å². The molecule has 2 atom stereocenters. The van der Waals surface area contributed by atoms with Crippen LogP contribution < -0.4 is 5.32 Å². The number of carboxylic acids is 1. The average molecular weight is 291 g/mol. The lowest BCUT2D eigenvalue weighted by Gasteiger charge is -2.15. The van der Waals surface area contributed by atoms with E-state index in [-0.39, 0.29) is 11.2 Å². The summed E-state index contributed by atoms with van der Waals surface area (Å²) in [6.45, 7) is 3.71. The standard InChI is InChI=1S/C15H17NO3S/c1-3-10(14-16-12(8-20-14)15(18)19)13(17)11-7-5-4-6-9(11)2/h3-7,12,14,16H,8H2,1-2H3,(H,18,19)/b10-3+. The number of carboxylic acid groups (broad SMARTS) is 1. The third-order valence-corrected chi connectivity index (χ3v) is 4.57. The molecule has 5 heteroatoms. The van der Waals surface area contributed by atoms with Gasteiger partial charge in [0.2, 0.25) is 0 Å². The molecule has 1 aromatic rings. The second-order valence-corrected chi connectivity index (χ2v) is 5.80. The maximum atomic E-state index is 12.6. The highest BCUT2D eigenvalue weighted by atomic mass is 32.2. The summed E-state index contributed by atoms with van der Waals surface area (Å²) in [5.41, 5.74) is 2.21. The second kappa shape index (κ2) is 6.24. The van der Waals surface area contributed by atoms with Gasteiger partial charge in [0.1, 0.15) is 6.04 Å². The fourth-order valence-electron chi connectivity index (χ4n) is 2.18. The average Bonchev–Trinajstić information content (AvgIpc) is 2.89. The molecule has 1 aromatic carbocycles. The van der Waals surface area contributed by atoms with Crippen LogP contribution in [0.2, 0.25) is 0 Å². The van der Waals surface area contributed by atoms with Gasteiger partial charge in [-0.05, 0) is 19.4 Å². The summed E-state index contributed by atoms with van der Waals surface area (Å²) in [7, 11) is 0. The van der Waals surface area contributed by atoms with Gasteiger partial charge in [-0.3, -0.25) is 14.9 Å². The second-order valence-electron chi connectivity index (χ2n) is 4.66. The van der Waals surface area contributed by atoms with E-state index in [0.717, 1.165) is 5.56 Å². The zero-order valence-corrected chi connectivity index (χ0v) is 12.2. The molecule has 1 fully saturated rings. The van der Waals surface area contributed by atoms with Crippen LogP contribution in [0.1, 0.15) is 22.8 Å². The quantitative estimate of drug-likeness (QED) is 0.658. The van der Waals surface area contributed by atoms with E-state index in [1.807, 2.05) is 32.0 Å². The van der Waals surface area contributed by atoms with E-state index in [2.05, 4.69) is 5.32 Å². The molecule has 0 radical (unpaired) electrons. The van der Waals surface area contributed by atoms with Crippen LogP contribution in [0.25, 0.3) is 0 Å². The minimum atomic E-state index is -0.876. The predicted molar refractivity (Wildman–Crippen MR) is 80.1 cm³/mol. The molecule has 1 aliphatic rings. The van der Waals surface area contributed by atoms with Crippen LogP contribution in [0.5, 0.6) is 0 Å². The molecule has 0 amide bonds. The van der Waals surface area contributed by atoms with E-state index in [9.17, 15) is 9.59 Å². The number of Topliss-reactive ketones (excluding diaryl/α,β-unsaturated/α-hetero) is 1. The lowest BCUT2D eigenvalue weighted by Crippen LogP contribution is -2.38. The number of nitrogens with one attached hydrogen (secondary N) is 1. The minimum absolute atomic E-state index is 0.0401. The Bertz CT molecular complexity index is 568. The number of hydrogen-bond acceptors (Lipinski definition) is 4. The molecule has 2 unspecified atom stereocenters. The Kier molecular flexibility index (Phi) is 4.62. The maximum Gasteiger partial charge on any atom is 0.321 e. The fourth-order valence-corrected chi connectivity index (χ4v) is 3.49. The molecule has 1 saturated heterocycles. The SMILES string of the molecule is C/C=C(\C(=O)c1ccccc1C)C1NC(C(=O)O)CS1. The molecular weight excluding hydrogens is 274 g/mol. The van der Waals surface area contributed by atoms with Gasteiger partial charge in [0.15, 0.2) is 5.78 Å². The smallest absolute Gasteiger partial charge is 0.321 e. The summed E-state index contributed by atoms with van der Waals surface area (Å²) < 4.78 is 0. The van der Waals surface area contributed by atoms with Crippen LogP contribution in [0, 0.1) is 6.92 Å². The Hall–Kier alpha value is -1.59. The fraction of sp³-hybridized carbons (Fsp3) is 0.333. The molecule has 2 N–H and O–H groups in total. The van der Waals surface area contributed by atoms with E-state index in [1.165, 1.54) is 11.8 Å². The number of aryl methyl sites for hydroxylation is 1. The molecule has 0 bridgehead atoms. The van der Waals surface area contributed by atoms with Crippen molar-refractivity contribution in [3.05, 3.63) is 47.0 Å². The Balaban J connectivity index is 2.20. The van der Waals surface area contributed by atoms with E-state index in [0.29, 0.717) is 16.9 Å². The van der Waals surface area contributed by atoms with E-state index in [4.69, 9.17) is 5.11 Å². The van der Waals surface area contributed by atoms with Crippen molar-refractivity contribution in [1.82, 2.24) is 5.32 Å². The van der Waals surface area contributed by atoms with E-state index >= 15 is 0 Å². The van der Waals surface area contributed by atoms with Crippen LogP contribution in [-0.4, -0.2) is 34.0 Å². The molecule has 4 nitrogen and oxygen atoms in total. The van der Waals surface area contributed by atoms with Crippen LogP contribution in [0.4, 0.5) is 0 Å². The molecular formula is C15H17NO3S. The number of hydrogen-bond donors (Lipinski definition) is 2. The van der Waals surface area contributed by atoms with Crippen molar-refractivity contribution < 1.29 is 14.7 Å². The zero-order valence-electron chi connectivity index (χ0n) is 11.4. The Labute approximate surface area is 122 Å². The third kappa shape index (κ3) is 2.94. The molecule has 1 heterocycles. The van der Waals surface area contributed by atoms with Crippen molar-refractivity contribution in [3.63, 3.8) is 0 Å². The molecule has 2 rings (SSSR count). The Morgan fingerprint density at radius 1 is 1.40 bits per heavy atom. The summed E-state index contributed by atoms with van der Waals surface area (Å²) in [5, 5.41) is 11.7. The summed E-state index contributed by atoms with van der Waals surface area (Å²) in [4.78, 5) is 23.6. The monoisotopic (exact) mass is 291 g/mol. The summed E-state index contributed by atoms with van der Waals surface area (Å²) in [5.74, 6) is -0.446. The maximum absolute atomic E-state index is 12.6. The first kappa shape index (κ1) is 14.8. The first-order valence-electron chi connectivity index (χ1n) is 6.41. The molecule has 1 aliphatic heterocycles. The first-order chi connectivity index (χ1) is 9.54. The van der Waals surface area contributed by atoms with Gasteiger partial charge in [-0.25, -0.2) is 0 Å². The van der Waals surface area contributed by atoms with Crippen molar-refractivity contribution in [2.24, 2.45) is 0 Å². The zero-order chi connectivity index (χ0) is 14.7. The van der Waals surface area contributed by atoms with Gasteiger partial charge in [-0.15, -0.1) is 11.8 Å². The van der Waals surface area contributed by atoms with Gasteiger partial charge >= 0.3 is 5.97 Å². The molecule has 0 aliphatic carbocycles. The summed E-state index contributed by atoms with van der Waals surface area (Å²) in [6.07, 6.45) is 1.77. The lowest BCUT2D eigenvalue weighted by atomic mass is 9.98. The van der Waals surface area contributed by atoms with E-state index in [1.54, 1.807) is 12.1 Å². The number of allylic oxidation sites excluding steroid dienone is 1. The van der Waals surface area contributed by atoms with Crippen molar-refractivity contribution >= 4 is 23.5 Å². The van der Waals surface area contributed by atoms with Gasteiger partial charge in [-0.2, -0.15) is 0 Å². The normalized spacial score (nSPS) is 22.8. The molecule has 0 aromatic heterocycles. The molecule has 20 heavy (non-hydrogen) atoms. The number of carbonyl (C=O) groups is 2. The Morgan fingerprint density at radius 3 is 2.65 bits per heavy atom. The lowest BCUT2D eigenvalue weighted by molar-refractivity contribution is -0.138. The number of carbonyl (C=O) groups excluding carboxylic acids is 1. The highest BCUT2D eigenvalue weighted by Crippen LogP contribution is 2.28. The molecule has 0 spiro atoms.